The van der Waals surface area contributed by atoms with E-state index in [1.807, 2.05) is 65.9 Å². The van der Waals surface area contributed by atoms with Crippen LogP contribution in [0.15, 0.2) is 78.9 Å². The summed E-state index contributed by atoms with van der Waals surface area (Å²) in [5.41, 5.74) is 2.67. The lowest BCUT2D eigenvalue weighted by atomic mass is 10.2. The largest absolute Gasteiger partial charge is 0.445 e. The van der Waals surface area contributed by atoms with Crippen molar-refractivity contribution in [2.24, 2.45) is 0 Å². The Labute approximate surface area is 212 Å². The van der Waals surface area contributed by atoms with Crippen LogP contribution in [-0.2, 0) is 11.3 Å². The summed E-state index contributed by atoms with van der Waals surface area (Å²) < 4.78 is 22.2. The van der Waals surface area contributed by atoms with Crippen molar-refractivity contribution >= 4 is 28.6 Å². The van der Waals surface area contributed by atoms with Gasteiger partial charge >= 0.3 is 6.09 Å². The maximum Gasteiger partial charge on any atom is 0.410 e. The van der Waals surface area contributed by atoms with E-state index >= 15 is 0 Å². The molecule has 2 aromatic heterocycles. The van der Waals surface area contributed by atoms with E-state index in [1.165, 1.54) is 6.07 Å². The fraction of sp³-hybridized carbons (Fsp3) is 0.214. The number of piperazine rings is 1. The second kappa shape index (κ2) is 9.50. The van der Waals surface area contributed by atoms with Crippen LogP contribution in [0.5, 0.6) is 0 Å². The molecule has 0 unspecified atom stereocenters. The van der Waals surface area contributed by atoms with Crippen LogP contribution < -0.4 is 4.90 Å². The summed E-state index contributed by atoms with van der Waals surface area (Å²) in [6.45, 7) is 3.72. The monoisotopic (exact) mass is 496 g/mol. The molecule has 0 bridgehead atoms. The number of carbonyl (C=O) groups excluding carboxylic acids is 1. The van der Waals surface area contributed by atoms with Crippen LogP contribution in [0.3, 0.4) is 0 Å². The van der Waals surface area contributed by atoms with Crippen molar-refractivity contribution in [1.82, 2.24) is 24.5 Å². The molecule has 5 aromatic rings. The average Bonchev–Trinajstić information content (AvgIpc) is 3.37. The Bertz CT molecular complexity index is 1590. The fourth-order valence-electron chi connectivity index (χ4n) is 4.81. The summed E-state index contributed by atoms with van der Waals surface area (Å²) in [4.78, 5) is 21.6. The molecule has 0 saturated carbocycles. The first kappa shape index (κ1) is 22.9. The SMILES string of the molecule is C[C@H]1CN(c2nc3ccccc3c3nnc(-c4ccccc4F)n23)CCN1C(=O)OCc1ccccc1. The van der Waals surface area contributed by atoms with Crippen molar-refractivity contribution in [2.75, 3.05) is 24.5 Å². The van der Waals surface area contributed by atoms with Crippen LogP contribution in [0.2, 0.25) is 0 Å². The second-order valence-electron chi connectivity index (χ2n) is 9.12. The van der Waals surface area contributed by atoms with E-state index in [9.17, 15) is 9.18 Å². The Morgan fingerprint density at radius 2 is 1.73 bits per heavy atom. The van der Waals surface area contributed by atoms with Crippen molar-refractivity contribution in [2.45, 2.75) is 19.6 Å². The maximum absolute atomic E-state index is 14.8. The number of fused-ring (bicyclic) bond motifs is 3. The summed E-state index contributed by atoms with van der Waals surface area (Å²) in [6.07, 6.45) is -0.344. The molecule has 1 aliphatic heterocycles. The maximum atomic E-state index is 14.8. The number of halogens is 1. The molecule has 1 saturated heterocycles. The number of rotatable bonds is 4. The predicted molar refractivity (Wildman–Crippen MR) is 139 cm³/mol. The number of aromatic nitrogens is 4. The molecule has 6 rings (SSSR count). The van der Waals surface area contributed by atoms with Gasteiger partial charge in [-0.25, -0.2) is 18.6 Å². The normalized spacial score (nSPS) is 15.9. The fourth-order valence-corrected chi connectivity index (χ4v) is 4.81. The highest BCUT2D eigenvalue weighted by Crippen LogP contribution is 2.30. The number of para-hydroxylation sites is 1. The zero-order chi connectivity index (χ0) is 25.4. The molecule has 0 spiro atoms. The number of carbonyl (C=O) groups is 1. The van der Waals surface area contributed by atoms with E-state index in [0.717, 1.165) is 16.5 Å². The lowest BCUT2D eigenvalue weighted by molar-refractivity contribution is 0.0793. The Kier molecular flexibility index (Phi) is 5.88. The molecule has 186 valence electrons. The van der Waals surface area contributed by atoms with Crippen molar-refractivity contribution in [3.63, 3.8) is 0 Å². The summed E-state index contributed by atoms with van der Waals surface area (Å²) in [5, 5.41) is 9.63. The van der Waals surface area contributed by atoms with Gasteiger partial charge in [0.25, 0.3) is 0 Å². The zero-order valence-electron chi connectivity index (χ0n) is 20.3. The number of benzene rings is 3. The van der Waals surface area contributed by atoms with Gasteiger partial charge in [0.2, 0.25) is 5.95 Å². The Balaban J connectivity index is 1.33. The lowest BCUT2D eigenvalue weighted by Crippen LogP contribution is -2.54. The molecular weight excluding hydrogens is 471 g/mol. The first-order valence-electron chi connectivity index (χ1n) is 12.2. The molecule has 0 N–H and O–H groups in total. The van der Waals surface area contributed by atoms with Crippen LogP contribution in [0.25, 0.3) is 27.9 Å². The summed E-state index contributed by atoms with van der Waals surface area (Å²) in [6, 6.07) is 23.7. The first-order chi connectivity index (χ1) is 18.1. The lowest BCUT2D eigenvalue weighted by Gasteiger charge is -2.39. The quantitative estimate of drug-likeness (QED) is 0.351. The highest BCUT2D eigenvalue weighted by Gasteiger charge is 2.31. The van der Waals surface area contributed by atoms with Gasteiger partial charge in [-0.1, -0.05) is 54.6 Å². The van der Waals surface area contributed by atoms with Crippen LogP contribution >= 0.6 is 0 Å². The molecule has 3 aromatic carbocycles. The van der Waals surface area contributed by atoms with Crippen LogP contribution in [0, 0.1) is 5.82 Å². The van der Waals surface area contributed by atoms with Gasteiger partial charge in [-0.05, 0) is 36.8 Å². The molecule has 1 atom stereocenters. The molecule has 37 heavy (non-hydrogen) atoms. The summed E-state index contributed by atoms with van der Waals surface area (Å²) in [7, 11) is 0. The second-order valence-corrected chi connectivity index (χ2v) is 9.12. The molecule has 3 heterocycles. The minimum absolute atomic E-state index is 0.131. The minimum Gasteiger partial charge on any atom is -0.445 e. The number of anilines is 1. The number of hydrogen-bond acceptors (Lipinski definition) is 6. The van der Waals surface area contributed by atoms with Crippen molar-refractivity contribution in [3.05, 3.63) is 90.2 Å². The topological polar surface area (TPSA) is 75.9 Å². The average molecular weight is 497 g/mol. The van der Waals surface area contributed by atoms with Crippen molar-refractivity contribution < 1.29 is 13.9 Å². The van der Waals surface area contributed by atoms with Gasteiger partial charge in [-0.15, -0.1) is 10.2 Å². The van der Waals surface area contributed by atoms with E-state index in [4.69, 9.17) is 9.72 Å². The molecule has 8 nitrogen and oxygen atoms in total. The van der Waals surface area contributed by atoms with Gasteiger partial charge < -0.3 is 14.5 Å². The van der Waals surface area contributed by atoms with Crippen molar-refractivity contribution in [3.8, 4) is 11.4 Å². The molecule has 1 fully saturated rings. The van der Waals surface area contributed by atoms with Crippen LogP contribution in [0.1, 0.15) is 12.5 Å². The van der Waals surface area contributed by atoms with E-state index in [-0.39, 0.29) is 24.6 Å². The van der Waals surface area contributed by atoms with Crippen LogP contribution in [-0.4, -0.2) is 56.3 Å². The Morgan fingerprint density at radius 1 is 0.973 bits per heavy atom. The van der Waals surface area contributed by atoms with Gasteiger partial charge in [0.15, 0.2) is 11.5 Å². The van der Waals surface area contributed by atoms with Crippen molar-refractivity contribution in [1.29, 1.82) is 0 Å². The number of amides is 1. The smallest absolute Gasteiger partial charge is 0.410 e. The Morgan fingerprint density at radius 3 is 2.54 bits per heavy atom. The standard InChI is InChI=1S/C28H25FN6O2/c1-19-17-33(15-16-34(19)28(36)37-18-20-9-3-2-4-10-20)27-30-24-14-8-6-12-22(24)26-32-31-25(35(26)27)21-11-5-7-13-23(21)29/h2-14,19H,15-18H2,1H3/t19-/m0/s1. The molecule has 1 amide bonds. The minimum atomic E-state index is -0.379. The van der Waals surface area contributed by atoms with E-state index in [1.54, 1.807) is 23.1 Å². The van der Waals surface area contributed by atoms with Gasteiger partial charge in [-0.2, -0.15) is 0 Å². The van der Waals surface area contributed by atoms with E-state index in [2.05, 4.69) is 15.1 Å². The zero-order valence-corrected chi connectivity index (χ0v) is 20.3. The van der Waals surface area contributed by atoms with Gasteiger partial charge in [0, 0.05) is 31.1 Å². The highest BCUT2D eigenvalue weighted by atomic mass is 19.1. The highest BCUT2D eigenvalue weighted by molar-refractivity contribution is 5.93. The van der Waals surface area contributed by atoms with E-state index in [0.29, 0.717) is 42.6 Å². The number of hydrogen-bond donors (Lipinski definition) is 0. The molecule has 0 aliphatic carbocycles. The third-order valence-corrected chi connectivity index (χ3v) is 6.69. The van der Waals surface area contributed by atoms with Gasteiger partial charge in [0.1, 0.15) is 12.4 Å². The third-order valence-electron chi connectivity index (χ3n) is 6.69. The molecule has 1 aliphatic rings. The third kappa shape index (κ3) is 4.22. The molecule has 0 radical (unpaired) electrons. The number of nitrogens with zero attached hydrogens (tertiary/aromatic N) is 6. The molecule has 9 heteroatoms. The van der Waals surface area contributed by atoms with Gasteiger partial charge in [0.05, 0.1) is 11.1 Å². The van der Waals surface area contributed by atoms with Crippen LogP contribution in [0.4, 0.5) is 15.1 Å². The van der Waals surface area contributed by atoms with Gasteiger partial charge in [-0.3, -0.25) is 0 Å². The first-order valence-corrected chi connectivity index (χ1v) is 12.2. The molecular formula is C28H25FN6O2. The van der Waals surface area contributed by atoms with E-state index < -0.39 is 0 Å². The Hall–Kier alpha value is -4.53. The predicted octanol–water partition coefficient (Wildman–Crippen LogP) is 4.93. The summed E-state index contributed by atoms with van der Waals surface area (Å²) in [5.74, 6) is 0.620. The summed E-state index contributed by atoms with van der Waals surface area (Å²) >= 11 is 0. The number of ether oxygens (including phenoxy) is 1.